The molecule has 6 heteroatoms. The first-order valence-electron chi connectivity index (χ1n) is 6.97. The summed E-state index contributed by atoms with van der Waals surface area (Å²) in [7, 11) is -3.37. The third kappa shape index (κ3) is 3.44. The van der Waals surface area contributed by atoms with E-state index in [2.05, 4.69) is 0 Å². The fourth-order valence-corrected chi connectivity index (χ4v) is 4.29. The lowest BCUT2D eigenvalue weighted by Crippen LogP contribution is -2.50. The molecular formula is C12H24N2O3S. The highest BCUT2D eigenvalue weighted by Crippen LogP contribution is 2.31. The average molecular weight is 276 g/mol. The summed E-state index contributed by atoms with van der Waals surface area (Å²) in [5, 5.41) is 9.62. The molecule has 1 saturated carbocycles. The smallest absolute Gasteiger partial charge is 0.282 e. The minimum Gasteiger partial charge on any atom is -0.392 e. The van der Waals surface area contributed by atoms with Crippen LogP contribution in [-0.4, -0.2) is 54.4 Å². The van der Waals surface area contributed by atoms with Crippen LogP contribution in [0.2, 0.25) is 0 Å². The second-order valence-electron chi connectivity index (χ2n) is 5.46. The van der Waals surface area contributed by atoms with Crippen molar-refractivity contribution in [1.82, 2.24) is 8.61 Å². The maximum Gasteiger partial charge on any atom is 0.282 e. The molecule has 2 fully saturated rings. The Morgan fingerprint density at radius 2 is 2.06 bits per heavy atom. The Kier molecular flexibility index (Phi) is 4.64. The Morgan fingerprint density at radius 3 is 2.61 bits per heavy atom. The quantitative estimate of drug-likeness (QED) is 0.781. The minimum absolute atomic E-state index is 0.257. The molecule has 0 radical (unpaired) electrons. The van der Waals surface area contributed by atoms with E-state index in [1.807, 2.05) is 6.92 Å². The summed E-state index contributed by atoms with van der Waals surface area (Å²) in [5.41, 5.74) is 0. The maximum atomic E-state index is 12.5. The van der Waals surface area contributed by atoms with Gasteiger partial charge in [-0.3, -0.25) is 0 Å². The molecule has 1 N–H and O–H groups in total. The number of nitrogens with zero attached hydrogens (tertiary/aromatic N) is 2. The van der Waals surface area contributed by atoms with Crippen LogP contribution in [0.4, 0.5) is 0 Å². The molecule has 1 atom stereocenters. The van der Waals surface area contributed by atoms with Crippen molar-refractivity contribution in [3.05, 3.63) is 0 Å². The SMILES string of the molecule is CCCN(CC1CC1)S(=O)(=O)N1CCC[C@H](O)C1. The summed E-state index contributed by atoms with van der Waals surface area (Å²) in [5.74, 6) is 0.557. The maximum absolute atomic E-state index is 12.5. The molecule has 1 saturated heterocycles. The third-order valence-electron chi connectivity index (χ3n) is 3.64. The Bertz CT molecular complexity index is 368. The van der Waals surface area contributed by atoms with E-state index in [1.165, 1.54) is 4.31 Å². The number of rotatable bonds is 6. The molecule has 1 heterocycles. The third-order valence-corrected chi connectivity index (χ3v) is 5.61. The van der Waals surface area contributed by atoms with Crippen molar-refractivity contribution in [3.8, 4) is 0 Å². The lowest BCUT2D eigenvalue weighted by Gasteiger charge is -2.34. The van der Waals surface area contributed by atoms with Crippen molar-refractivity contribution in [3.63, 3.8) is 0 Å². The Morgan fingerprint density at radius 1 is 1.33 bits per heavy atom. The van der Waals surface area contributed by atoms with Crippen LogP contribution >= 0.6 is 0 Å². The average Bonchev–Trinajstić information content (AvgIpc) is 3.12. The van der Waals surface area contributed by atoms with Gasteiger partial charge in [-0.2, -0.15) is 17.0 Å². The van der Waals surface area contributed by atoms with Crippen LogP contribution in [0.3, 0.4) is 0 Å². The van der Waals surface area contributed by atoms with E-state index in [1.54, 1.807) is 4.31 Å². The standard InChI is InChI=1S/C12H24N2O3S/c1-2-7-13(9-11-5-6-11)18(16,17)14-8-3-4-12(15)10-14/h11-12,15H,2-10H2,1H3/t12-/m0/s1. The van der Waals surface area contributed by atoms with Gasteiger partial charge in [0.2, 0.25) is 0 Å². The van der Waals surface area contributed by atoms with E-state index >= 15 is 0 Å². The molecule has 0 bridgehead atoms. The van der Waals surface area contributed by atoms with E-state index in [0.717, 1.165) is 25.7 Å². The van der Waals surface area contributed by atoms with Crippen molar-refractivity contribution >= 4 is 10.2 Å². The number of β-amino-alcohol motifs (C(OH)–C–C–N with tert-alkyl or cyclic N) is 1. The zero-order valence-corrected chi connectivity index (χ0v) is 11.9. The van der Waals surface area contributed by atoms with E-state index in [0.29, 0.717) is 32.0 Å². The number of aliphatic hydroxyl groups excluding tert-OH is 1. The molecule has 5 nitrogen and oxygen atoms in total. The second kappa shape index (κ2) is 5.86. The molecule has 0 aromatic rings. The van der Waals surface area contributed by atoms with Gasteiger partial charge in [-0.05, 0) is 38.0 Å². The fraction of sp³-hybridized carbons (Fsp3) is 1.00. The summed E-state index contributed by atoms with van der Waals surface area (Å²) in [6, 6.07) is 0. The number of hydrogen-bond donors (Lipinski definition) is 1. The summed E-state index contributed by atoms with van der Waals surface area (Å²) in [6.07, 6.45) is 4.10. The molecule has 106 valence electrons. The van der Waals surface area contributed by atoms with Gasteiger partial charge in [0, 0.05) is 26.2 Å². The number of piperidine rings is 1. The Labute approximate surface area is 110 Å². The van der Waals surface area contributed by atoms with E-state index in [-0.39, 0.29) is 6.54 Å². The van der Waals surface area contributed by atoms with Gasteiger partial charge in [-0.1, -0.05) is 6.92 Å². The van der Waals surface area contributed by atoms with Crippen LogP contribution in [0.15, 0.2) is 0 Å². The highest BCUT2D eigenvalue weighted by molar-refractivity contribution is 7.86. The van der Waals surface area contributed by atoms with Crippen molar-refractivity contribution in [2.24, 2.45) is 5.92 Å². The van der Waals surface area contributed by atoms with Crippen molar-refractivity contribution in [2.75, 3.05) is 26.2 Å². The van der Waals surface area contributed by atoms with Gasteiger partial charge in [0.05, 0.1) is 6.10 Å². The van der Waals surface area contributed by atoms with Crippen LogP contribution in [0, 0.1) is 5.92 Å². The predicted molar refractivity (Wildman–Crippen MR) is 70.3 cm³/mol. The van der Waals surface area contributed by atoms with Gasteiger partial charge < -0.3 is 5.11 Å². The topological polar surface area (TPSA) is 60.9 Å². The molecule has 18 heavy (non-hydrogen) atoms. The van der Waals surface area contributed by atoms with Crippen molar-refractivity contribution in [2.45, 2.75) is 45.1 Å². The normalized spacial score (nSPS) is 26.7. The lowest BCUT2D eigenvalue weighted by molar-refractivity contribution is 0.104. The Hall–Kier alpha value is -0.170. The molecule has 0 aromatic carbocycles. The summed E-state index contributed by atoms with van der Waals surface area (Å²) >= 11 is 0. The zero-order chi connectivity index (χ0) is 13.2. The van der Waals surface area contributed by atoms with Crippen LogP contribution in [0.5, 0.6) is 0 Å². The molecule has 1 aliphatic carbocycles. The number of aliphatic hydroxyl groups is 1. The lowest BCUT2D eigenvalue weighted by atomic mass is 10.1. The van der Waals surface area contributed by atoms with Crippen LogP contribution in [0.1, 0.15) is 39.0 Å². The molecule has 0 unspecified atom stereocenters. The summed E-state index contributed by atoms with van der Waals surface area (Å²) < 4.78 is 28.1. The van der Waals surface area contributed by atoms with E-state index in [4.69, 9.17) is 0 Å². The first-order valence-corrected chi connectivity index (χ1v) is 8.37. The first-order chi connectivity index (χ1) is 8.54. The predicted octanol–water partition coefficient (Wildman–Crippen LogP) is 0.810. The van der Waals surface area contributed by atoms with Crippen LogP contribution < -0.4 is 0 Å². The van der Waals surface area contributed by atoms with Gasteiger partial charge in [-0.15, -0.1) is 0 Å². The van der Waals surface area contributed by atoms with Gasteiger partial charge in [0.25, 0.3) is 10.2 Å². The highest BCUT2D eigenvalue weighted by Gasteiger charge is 2.35. The van der Waals surface area contributed by atoms with Crippen LogP contribution in [-0.2, 0) is 10.2 Å². The van der Waals surface area contributed by atoms with Gasteiger partial charge >= 0.3 is 0 Å². The van der Waals surface area contributed by atoms with Crippen molar-refractivity contribution < 1.29 is 13.5 Å². The molecule has 0 amide bonds. The van der Waals surface area contributed by atoms with Gasteiger partial charge in [-0.25, -0.2) is 0 Å². The first kappa shape index (κ1) is 14.2. The Balaban J connectivity index is 2.04. The molecule has 2 rings (SSSR count). The van der Waals surface area contributed by atoms with E-state index in [9.17, 15) is 13.5 Å². The monoisotopic (exact) mass is 276 g/mol. The summed E-state index contributed by atoms with van der Waals surface area (Å²) in [4.78, 5) is 0. The largest absolute Gasteiger partial charge is 0.392 e. The molecule has 0 spiro atoms. The van der Waals surface area contributed by atoms with Gasteiger partial charge in [0.1, 0.15) is 0 Å². The second-order valence-corrected chi connectivity index (χ2v) is 7.39. The van der Waals surface area contributed by atoms with Gasteiger partial charge in [0.15, 0.2) is 0 Å². The van der Waals surface area contributed by atoms with Crippen molar-refractivity contribution in [1.29, 1.82) is 0 Å². The number of hydrogen-bond acceptors (Lipinski definition) is 3. The van der Waals surface area contributed by atoms with Crippen LogP contribution in [0.25, 0.3) is 0 Å². The molecule has 1 aliphatic heterocycles. The highest BCUT2D eigenvalue weighted by atomic mass is 32.2. The zero-order valence-electron chi connectivity index (χ0n) is 11.1. The molecular weight excluding hydrogens is 252 g/mol. The minimum atomic E-state index is -3.37. The summed E-state index contributed by atoms with van der Waals surface area (Å²) in [6.45, 7) is 4.05. The van der Waals surface area contributed by atoms with E-state index < -0.39 is 16.3 Å². The molecule has 0 aromatic heterocycles. The molecule has 2 aliphatic rings. The fourth-order valence-electron chi connectivity index (χ4n) is 2.43.